The normalized spacial score (nSPS) is 23.5. The molecule has 2 aromatic rings. The Hall–Kier alpha value is -2.94. The number of sulfonamides is 1. The summed E-state index contributed by atoms with van der Waals surface area (Å²) < 4.78 is 33.7. The number of carbonyl (C=O) groups is 1. The lowest BCUT2D eigenvalue weighted by molar-refractivity contribution is -0.127. The molecule has 1 unspecified atom stereocenters. The van der Waals surface area contributed by atoms with Gasteiger partial charge in [-0.3, -0.25) is 4.79 Å². The van der Waals surface area contributed by atoms with Crippen molar-refractivity contribution in [2.45, 2.75) is 18.8 Å². The summed E-state index contributed by atoms with van der Waals surface area (Å²) in [5, 5.41) is 0. The minimum Gasteiger partial charge on any atom is -0.440 e. The predicted octanol–water partition coefficient (Wildman–Crippen LogP) is 2.03. The van der Waals surface area contributed by atoms with Crippen molar-refractivity contribution in [3.8, 4) is 0 Å². The fraction of sp³-hybridized carbons (Fsp3) is 0.350. The van der Waals surface area contributed by atoms with Crippen molar-refractivity contribution in [1.29, 1.82) is 0 Å². The van der Waals surface area contributed by atoms with Crippen LogP contribution < -0.4 is 0 Å². The zero-order valence-electron chi connectivity index (χ0n) is 15.7. The van der Waals surface area contributed by atoms with E-state index in [1.807, 2.05) is 24.3 Å². The van der Waals surface area contributed by atoms with Gasteiger partial charge in [0, 0.05) is 25.8 Å². The molecule has 0 N–H and O–H groups in total. The van der Waals surface area contributed by atoms with Gasteiger partial charge in [-0.15, -0.1) is 4.40 Å². The highest BCUT2D eigenvalue weighted by Gasteiger charge is 2.34. The Bertz CT molecular complexity index is 1150. The average Bonchev–Trinajstić information content (AvgIpc) is 3.17. The summed E-state index contributed by atoms with van der Waals surface area (Å²) in [6, 6.07) is 7.61. The summed E-state index contributed by atoms with van der Waals surface area (Å²) in [5.74, 6) is 0.600. The van der Waals surface area contributed by atoms with Gasteiger partial charge in [0.15, 0.2) is 17.3 Å². The Morgan fingerprint density at radius 2 is 2.07 bits per heavy atom. The van der Waals surface area contributed by atoms with Crippen molar-refractivity contribution in [2.75, 3.05) is 25.4 Å². The maximum absolute atomic E-state index is 13.2. The van der Waals surface area contributed by atoms with E-state index in [-0.39, 0.29) is 23.4 Å². The van der Waals surface area contributed by atoms with Crippen molar-refractivity contribution in [1.82, 2.24) is 14.8 Å². The molecule has 1 saturated heterocycles. The fourth-order valence-corrected chi connectivity index (χ4v) is 4.97. The van der Waals surface area contributed by atoms with E-state index in [4.69, 9.17) is 4.42 Å². The van der Waals surface area contributed by atoms with Gasteiger partial charge in [-0.25, -0.2) is 13.4 Å². The van der Waals surface area contributed by atoms with Crippen LogP contribution >= 0.6 is 0 Å². The van der Waals surface area contributed by atoms with Crippen LogP contribution in [-0.4, -0.2) is 60.3 Å². The molecule has 29 heavy (non-hydrogen) atoms. The number of allylic oxidation sites excluding steroid dienone is 2. The third kappa shape index (κ3) is 3.35. The van der Waals surface area contributed by atoms with Gasteiger partial charge >= 0.3 is 0 Å². The molecule has 3 aliphatic rings. The Balaban J connectivity index is 1.40. The second kappa shape index (κ2) is 6.84. The zero-order valence-corrected chi connectivity index (χ0v) is 16.5. The number of nitrogens with zero attached hydrogens (tertiary/aromatic N) is 4. The second-order valence-electron chi connectivity index (χ2n) is 7.43. The molecule has 1 amide bonds. The molecule has 150 valence electrons. The summed E-state index contributed by atoms with van der Waals surface area (Å²) in [7, 11) is -3.54. The number of para-hydroxylation sites is 2. The summed E-state index contributed by atoms with van der Waals surface area (Å²) in [4.78, 5) is 21.3. The molecular formula is C20H20N4O4S. The number of hydrogen-bond acceptors (Lipinski definition) is 6. The van der Waals surface area contributed by atoms with Gasteiger partial charge in [-0.1, -0.05) is 12.1 Å². The first-order valence-corrected chi connectivity index (χ1v) is 11.2. The van der Waals surface area contributed by atoms with Gasteiger partial charge in [-0.2, -0.15) is 0 Å². The number of fused-ring (bicyclic) bond motifs is 2. The Labute approximate surface area is 168 Å². The highest BCUT2D eigenvalue weighted by atomic mass is 32.2. The van der Waals surface area contributed by atoms with Gasteiger partial charge in [0.25, 0.3) is 15.9 Å². The molecule has 1 aromatic heterocycles. The Morgan fingerprint density at radius 1 is 1.21 bits per heavy atom. The van der Waals surface area contributed by atoms with Crippen LogP contribution in [0.2, 0.25) is 0 Å². The van der Waals surface area contributed by atoms with E-state index in [0.29, 0.717) is 31.1 Å². The molecule has 4 heterocycles. The number of carbonyl (C=O) groups excluding carboxylic acids is 1. The van der Waals surface area contributed by atoms with E-state index in [1.54, 1.807) is 28.2 Å². The van der Waals surface area contributed by atoms with Crippen molar-refractivity contribution in [3.63, 3.8) is 0 Å². The lowest BCUT2D eigenvalue weighted by atomic mass is 9.97. The van der Waals surface area contributed by atoms with Crippen molar-refractivity contribution in [3.05, 3.63) is 54.1 Å². The number of amidine groups is 1. The Morgan fingerprint density at radius 3 is 2.93 bits per heavy atom. The smallest absolute Gasteiger partial charge is 0.257 e. The van der Waals surface area contributed by atoms with Crippen molar-refractivity contribution >= 4 is 32.9 Å². The molecule has 8 nitrogen and oxygen atoms in total. The van der Waals surface area contributed by atoms with Crippen LogP contribution in [-0.2, 0) is 14.8 Å². The van der Waals surface area contributed by atoms with Crippen LogP contribution in [0, 0.1) is 0 Å². The number of hydrogen-bond donors (Lipinski definition) is 0. The van der Waals surface area contributed by atoms with Gasteiger partial charge in [-0.05, 0) is 37.1 Å². The van der Waals surface area contributed by atoms with Crippen LogP contribution in [0.5, 0.6) is 0 Å². The lowest BCUT2D eigenvalue weighted by Crippen LogP contribution is -2.46. The molecule has 1 atom stereocenters. The molecule has 5 rings (SSSR count). The minimum absolute atomic E-state index is 0.00737. The Kier molecular flexibility index (Phi) is 4.27. The molecule has 1 aromatic carbocycles. The standard InChI is InChI=1S/C20H20N4O4S/c25-20(15-6-4-9-23-11-12-29(26,27)22-18(15)23)24-10-3-5-14(13-24)19-21-16-7-1-2-8-17(16)28-19/h1-2,4,6-9,14H,3,5,10-13H2. The summed E-state index contributed by atoms with van der Waals surface area (Å²) in [6.07, 6.45) is 6.86. The van der Waals surface area contributed by atoms with Crippen molar-refractivity contribution < 1.29 is 17.6 Å². The molecule has 9 heteroatoms. The third-order valence-corrected chi connectivity index (χ3v) is 6.61. The number of aromatic nitrogens is 1. The number of oxazole rings is 1. The predicted molar refractivity (Wildman–Crippen MR) is 108 cm³/mol. The number of piperidine rings is 1. The van der Waals surface area contributed by atoms with Crippen LogP contribution in [0.15, 0.2) is 57.0 Å². The number of rotatable bonds is 2. The van der Waals surface area contributed by atoms with E-state index in [2.05, 4.69) is 9.38 Å². The average molecular weight is 412 g/mol. The monoisotopic (exact) mass is 412 g/mol. The molecule has 0 radical (unpaired) electrons. The maximum atomic E-state index is 13.2. The van der Waals surface area contributed by atoms with Gasteiger partial charge in [0.1, 0.15) is 5.52 Å². The van der Waals surface area contributed by atoms with E-state index < -0.39 is 10.0 Å². The first-order valence-electron chi connectivity index (χ1n) is 9.63. The first-order chi connectivity index (χ1) is 14.0. The van der Waals surface area contributed by atoms with E-state index in [9.17, 15) is 13.2 Å². The molecule has 3 aliphatic heterocycles. The highest BCUT2D eigenvalue weighted by Crippen LogP contribution is 2.30. The van der Waals surface area contributed by atoms with Crippen LogP contribution in [0.3, 0.4) is 0 Å². The zero-order chi connectivity index (χ0) is 20.0. The summed E-state index contributed by atoms with van der Waals surface area (Å²) in [6.45, 7) is 1.39. The second-order valence-corrected chi connectivity index (χ2v) is 9.18. The van der Waals surface area contributed by atoms with Crippen LogP contribution in [0.25, 0.3) is 11.1 Å². The SMILES string of the molecule is O=C(C1=CC=CN2CCS(=O)(=O)N=C12)N1CCCC(c2nc3ccccc3o2)C1. The summed E-state index contributed by atoms with van der Waals surface area (Å²) in [5.41, 5.74) is 1.86. The van der Waals surface area contributed by atoms with Crippen LogP contribution in [0.4, 0.5) is 0 Å². The molecule has 0 aliphatic carbocycles. The molecule has 0 spiro atoms. The minimum atomic E-state index is -3.54. The van der Waals surface area contributed by atoms with E-state index in [1.165, 1.54) is 0 Å². The van der Waals surface area contributed by atoms with Crippen LogP contribution in [0.1, 0.15) is 24.7 Å². The first kappa shape index (κ1) is 18.1. The molecule has 1 fully saturated rings. The van der Waals surface area contributed by atoms with E-state index in [0.717, 1.165) is 23.9 Å². The van der Waals surface area contributed by atoms with Gasteiger partial charge in [0.2, 0.25) is 0 Å². The molecule has 0 bridgehead atoms. The van der Waals surface area contributed by atoms with E-state index >= 15 is 0 Å². The quantitative estimate of drug-likeness (QED) is 0.749. The highest BCUT2D eigenvalue weighted by molar-refractivity contribution is 7.90. The third-order valence-electron chi connectivity index (χ3n) is 5.46. The number of amides is 1. The lowest BCUT2D eigenvalue weighted by Gasteiger charge is -2.34. The largest absolute Gasteiger partial charge is 0.440 e. The molecular weight excluding hydrogens is 392 g/mol. The topological polar surface area (TPSA) is 96.1 Å². The van der Waals surface area contributed by atoms with Gasteiger partial charge in [0.05, 0.1) is 17.2 Å². The molecule has 0 saturated carbocycles. The fourth-order valence-electron chi connectivity index (χ4n) is 3.98. The van der Waals surface area contributed by atoms with Gasteiger partial charge < -0.3 is 14.2 Å². The van der Waals surface area contributed by atoms with Crippen molar-refractivity contribution in [2.24, 2.45) is 4.40 Å². The number of likely N-dealkylation sites (tertiary alicyclic amines) is 1. The number of benzene rings is 1. The summed E-state index contributed by atoms with van der Waals surface area (Å²) >= 11 is 0. The maximum Gasteiger partial charge on any atom is 0.257 e.